The highest BCUT2D eigenvalue weighted by molar-refractivity contribution is 6.14. The maximum atomic E-state index is 6.13. The molecule has 0 saturated heterocycles. The van der Waals surface area contributed by atoms with Gasteiger partial charge in [0.05, 0.1) is 33.1 Å². The standard InChI is InChI=1S/C60H48N2.C42H37N.C30H28O/c1-2-40-17-24-47(25-18-40)59-35-41-31-42(36-59)38-60(37-41,39-59)48-26-19-43(20-27-48)44-22-29-56-53(32-44)54-33-45(23-30-57(54)61(56)49-11-5-3-6-12-49)46-21-28-52-51-15-9-10-16-55(51)62(58(52)34-46)50-13-7-4-8-14-50;1-2-29-11-17-34(18-12-29)41-24-30-23-31(25-41)27-42(26-30,28-41)35-19-13-32(14-20-35)33-15-21-36(22-16-33)43-39-9-5-3-7-37(39)38-8-4-6-10-40(38)43;1-2-20-7-9-23(10-8-20)29-15-21-13-22(16-29)18-30(17-21,19-29)24-11-12-28-26(14-24)25-5-3-4-6-27(25)31-28/h2-30,32-34,41-42H,1,31,35-39H2;2-22,30-31H,1,23-28H2;2-12,14,21-22H,1,13,15-19H2. The SMILES string of the molecule is C=Cc1ccc(C23CC4CC(C2)CC(c2ccc(-c5ccc(-n6c7ccccc7c7ccccc76)cc5)cc2)(C4)C3)cc1.C=Cc1ccc(C23CC4CC(C2)CC(c2ccc(-c5ccc6c(c5)c5cc(-c7ccc8c9ccccc9n(-c9ccccc9)c8c7)ccc5n6-c5ccccc5)cc2)(C4)C3)cc1.C=Cc1ccc(C23CC4CC(C2)CC(c2ccc5oc6ccccc6c5c2)(C4)C3)cc1. The van der Waals surface area contributed by atoms with Gasteiger partial charge in [0, 0.05) is 60.2 Å². The summed E-state index contributed by atoms with van der Waals surface area (Å²) in [6.07, 6.45) is 30.3. The molecule has 12 fully saturated rings. The molecule has 12 aliphatic rings. The Balaban J connectivity index is 0.000000110. The smallest absolute Gasteiger partial charge is 0.135 e. The fraction of sp³-hybridized carbons (Fsp3) is 0.227. The molecule has 0 spiro atoms. The van der Waals surface area contributed by atoms with E-state index in [4.69, 9.17) is 4.42 Å². The first kappa shape index (κ1) is 81.5. The molecule has 0 radical (unpaired) electrons. The summed E-state index contributed by atoms with van der Waals surface area (Å²) in [4.78, 5) is 0. The lowest BCUT2D eigenvalue weighted by molar-refractivity contribution is -0.0282. The second-order valence-corrected chi connectivity index (χ2v) is 43.5. The first-order chi connectivity index (χ1) is 66.8. The third-order valence-corrected chi connectivity index (χ3v) is 35.6. The molecule has 4 nitrogen and oxygen atoms in total. The Hall–Kier alpha value is -14.1. The number of hydrogen-bond donors (Lipinski definition) is 0. The van der Waals surface area contributed by atoms with Crippen LogP contribution >= 0.6 is 0 Å². The van der Waals surface area contributed by atoms with Crippen molar-refractivity contribution in [1.29, 1.82) is 0 Å². The normalized spacial score (nSPS) is 25.2. The van der Waals surface area contributed by atoms with E-state index in [0.717, 1.165) is 46.7 Å². The van der Waals surface area contributed by atoms with E-state index in [1.165, 1.54) is 259 Å². The maximum absolute atomic E-state index is 6.13. The van der Waals surface area contributed by atoms with Crippen molar-refractivity contribution < 1.29 is 4.42 Å². The van der Waals surface area contributed by atoms with Crippen molar-refractivity contribution in [2.24, 2.45) is 35.5 Å². The van der Waals surface area contributed by atoms with E-state index < -0.39 is 0 Å². The molecule has 662 valence electrons. The van der Waals surface area contributed by atoms with E-state index in [-0.39, 0.29) is 5.41 Å². The van der Waals surface area contributed by atoms with Crippen LogP contribution in [0.5, 0.6) is 0 Å². The van der Waals surface area contributed by atoms with Gasteiger partial charge in [-0.3, -0.25) is 0 Å². The summed E-state index contributed by atoms with van der Waals surface area (Å²) in [5, 5.41) is 10.2. The zero-order valence-corrected chi connectivity index (χ0v) is 77.6. The second-order valence-electron chi connectivity index (χ2n) is 43.5. The Kier molecular flexibility index (Phi) is 18.9. The minimum atomic E-state index is 0.266. The summed E-state index contributed by atoms with van der Waals surface area (Å²) in [6, 6.07) is 141. The number of hydrogen-bond acceptors (Lipinski definition) is 1. The molecule has 32 rings (SSSR count). The molecule has 136 heavy (non-hydrogen) atoms. The van der Waals surface area contributed by atoms with E-state index in [9.17, 15) is 0 Å². The van der Waals surface area contributed by atoms with Gasteiger partial charge in [0.1, 0.15) is 11.2 Å². The first-order valence-corrected chi connectivity index (χ1v) is 50.5. The van der Waals surface area contributed by atoms with Crippen LogP contribution in [-0.2, 0) is 32.5 Å². The van der Waals surface area contributed by atoms with Gasteiger partial charge in [-0.1, -0.05) is 311 Å². The summed E-state index contributed by atoms with van der Waals surface area (Å²) in [5.74, 6) is 5.07. The monoisotopic (exact) mass is 1760 g/mol. The Morgan fingerprint density at radius 3 is 0.875 bits per heavy atom. The topological polar surface area (TPSA) is 27.9 Å². The van der Waals surface area contributed by atoms with Crippen molar-refractivity contribution in [1.82, 2.24) is 13.7 Å². The molecular weight excluding hydrogens is 1640 g/mol. The lowest BCUT2D eigenvalue weighted by atomic mass is 9.41. The van der Waals surface area contributed by atoms with Gasteiger partial charge in [-0.05, 0) is 370 Å². The number of fused-ring (bicyclic) bond motifs is 12. The molecule has 6 unspecified atom stereocenters. The van der Waals surface area contributed by atoms with Crippen molar-refractivity contribution in [2.75, 3.05) is 0 Å². The second kappa shape index (κ2) is 31.5. The minimum absolute atomic E-state index is 0.266. The number of furan rings is 1. The van der Waals surface area contributed by atoms with Crippen LogP contribution in [0, 0.1) is 35.5 Å². The highest BCUT2D eigenvalue weighted by Crippen LogP contribution is 2.70. The van der Waals surface area contributed by atoms with Crippen molar-refractivity contribution in [2.45, 2.75) is 148 Å². The molecule has 4 aromatic heterocycles. The fourth-order valence-electron chi connectivity index (χ4n) is 31.1. The van der Waals surface area contributed by atoms with Crippen molar-refractivity contribution in [3.05, 3.63) is 446 Å². The molecule has 6 atom stereocenters. The average molecular weight is 1760 g/mol. The van der Waals surface area contributed by atoms with Crippen LogP contribution in [0.25, 0.3) is 156 Å². The largest absolute Gasteiger partial charge is 0.456 e. The summed E-state index contributed by atoms with van der Waals surface area (Å²) < 4.78 is 13.4. The number of nitrogens with zero attached hydrogens (tertiary/aromatic N) is 3. The number of rotatable bonds is 15. The molecule has 0 aliphatic heterocycles. The van der Waals surface area contributed by atoms with Gasteiger partial charge in [0.25, 0.3) is 0 Å². The third-order valence-electron chi connectivity index (χ3n) is 35.6. The molecule has 16 aromatic carbocycles. The molecule has 12 aliphatic carbocycles. The van der Waals surface area contributed by atoms with Crippen LogP contribution in [0.4, 0.5) is 0 Å². The highest BCUT2D eigenvalue weighted by Gasteiger charge is 2.62. The summed E-state index contributed by atoms with van der Waals surface area (Å²) in [5.41, 5.74) is 35.4. The highest BCUT2D eigenvalue weighted by atomic mass is 16.3. The molecule has 4 heterocycles. The Bertz CT molecular complexity index is 8040. The van der Waals surface area contributed by atoms with Gasteiger partial charge >= 0.3 is 0 Å². The molecule has 0 amide bonds. The fourth-order valence-corrected chi connectivity index (χ4v) is 31.1. The average Bonchev–Trinajstić information content (AvgIpc) is 0.957. The quantitative estimate of drug-likeness (QED) is 0.101. The molecule has 4 heteroatoms. The minimum Gasteiger partial charge on any atom is -0.456 e. The zero-order valence-electron chi connectivity index (χ0n) is 77.6. The Labute approximate surface area is 798 Å². The van der Waals surface area contributed by atoms with Crippen LogP contribution < -0.4 is 0 Å². The van der Waals surface area contributed by atoms with Crippen molar-refractivity contribution >= 4 is 106 Å². The summed E-state index contributed by atoms with van der Waals surface area (Å²) in [6.45, 7) is 11.9. The van der Waals surface area contributed by atoms with E-state index in [1.807, 2.05) is 18.2 Å². The molecule has 20 aromatic rings. The van der Waals surface area contributed by atoms with E-state index >= 15 is 0 Å². The third kappa shape index (κ3) is 13.2. The van der Waals surface area contributed by atoms with E-state index in [1.54, 1.807) is 33.4 Å². The van der Waals surface area contributed by atoms with Gasteiger partial charge < -0.3 is 18.1 Å². The predicted molar refractivity (Wildman–Crippen MR) is 570 cm³/mol. The van der Waals surface area contributed by atoms with Gasteiger partial charge in [0.15, 0.2) is 0 Å². The van der Waals surface area contributed by atoms with Crippen LogP contribution in [-0.4, -0.2) is 13.7 Å². The summed E-state index contributed by atoms with van der Waals surface area (Å²) in [7, 11) is 0. The van der Waals surface area contributed by atoms with E-state index in [2.05, 4.69) is 410 Å². The van der Waals surface area contributed by atoms with Crippen LogP contribution in [0.15, 0.2) is 400 Å². The molecular formula is C132H113N3O. The lowest BCUT2D eigenvalue weighted by Crippen LogP contribution is -2.55. The number of benzene rings is 16. The first-order valence-electron chi connectivity index (χ1n) is 50.5. The van der Waals surface area contributed by atoms with Crippen LogP contribution in [0.1, 0.15) is 166 Å². The van der Waals surface area contributed by atoms with Gasteiger partial charge in [0.2, 0.25) is 0 Å². The van der Waals surface area contributed by atoms with Gasteiger partial charge in [-0.25, -0.2) is 0 Å². The van der Waals surface area contributed by atoms with Gasteiger partial charge in [-0.2, -0.15) is 0 Å². The van der Waals surface area contributed by atoms with Crippen molar-refractivity contribution in [3.63, 3.8) is 0 Å². The van der Waals surface area contributed by atoms with Crippen LogP contribution in [0.2, 0.25) is 0 Å². The number of aromatic nitrogens is 3. The number of para-hydroxylation sites is 6. The molecule has 0 N–H and O–H groups in total. The van der Waals surface area contributed by atoms with Crippen molar-refractivity contribution in [3.8, 4) is 50.4 Å². The Morgan fingerprint density at radius 1 is 0.206 bits per heavy atom. The van der Waals surface area contributed by atoms with E-state index in [0.29, 0.717) is 27.1 Å². The summed E-state index contributed by atoms with van der Waals surface area (Å²) >= 11 is 0. The molecule has 12 bridgehead atoms. The zero-order chi connectivity index (χ0) is 90.2. The van der Waals surface area contributed by atoms with Gasteiger partial charge in [-0.15, -0.1) is 0 Å². The lowest BCUT2D eigenvalue weighted by Gasteiger charge is -2.63. The predicted octanol–water partition coefficient (Wildman–Crippen LogP) is 34.5. The molecule has 12 saturated carbocycles. The van der Waals surface area contributed by atoms with Crippen LogP contribution in [0.3, 0.4) is 0 Å². The maximum Gasteiger partial charge on any atom is 0.135 e. The Morgan fingerprint density at radius 2 is 0.478 bits per heavy atom.